The van der Waals surface area contributed by atoms with Gasteiger partial charge in [0.25, 0.3) is 0 Å². The van der Waals surface area contributed by atoms with E-state index in [9.17, 15) is 9.59 Å². The molecular weight excluding hydrogens is 328 g/mol. The van der Waals surface area contributed by atoms with Crippen LogP contribution in [0.4, 0.5) is 11.4 Å². The maximum Gasteiger partial charge on any atom is 0.246 e. The lowest BCUT2D eigenvalue weighted by Crippen LogP contribution is -2.47. The van der Waals surface area contributed by atoms with Crippen molar-refractivity contribution in [3.63, 3.8) is 0 Å². The fraction of sp³-hybridized carbons (Fsp3) is 0.600. The number of hydrogen-bond donors (Lipinski definition) is 3. The smallest absolute Gasteiger partial charge is 0.246 e. The second-order valence-corrected chi connectivity index (χ2v) is 7.54. The first-order valence-electron chi connectivity index (χ1n) is 9.72. The van der Waals surface area contributed by atoms with Gasteiger partial charge in [0.1, 0.15) is 6.04 Å². The van der Waals surface area contributed by atoms with Crippen LogP contribution in [0.1, 0.15) is 39.5 Å². The van der Waals surface area contributed by atoms with E-state index in [0.717, 1.165) is 43.9 Å². The van der Waals surface area contributed by atoms with Gasteiger partial charge in [-0.3, -0.25) is 9.59 Å². The molecule has 142 valence electrons. The van der Waals surface area contributed by atoms with Crippen molar-refractivity contribution in [1.29, 1.82) is 0 Å². The SMILES string of the molecule is CC(NC(=O)[C@H]1CCN[C@@H](C)C1)C(=O)Nc1cccc(N2CCCC2)c1. The normalized spacial score (nSPS) is 24.2. The van der Waals surface area contributed by atoms with Crippen LogP contribution in [0, 0.1) is 5.92 Å². The lowest BCUT2D eigenvalue weighted by Gasteiger charge is -2.28. The van der Waals surface area contributed by atoms with Gasteiger partial charge < -0.3 is 20.9 Å². The zero-order chi connectivity index (χ0) is 18.5. The van der Waals surface area contributed by atoms with Gasteiger partial charge in [0, 0.05) is 36.4 Å². The second-order valence-electron chi connectivity index (χ2n) is 7.54. The van der Waals surface area contributed by atoms with Crippen LogP contribution in [0.5, 0.6) is 0 Å². The molecule has 0 aliphatic carbocycles. The minimum atomic E-state index is -0.553. The summed E-state index contributed by atoms with van der Waals surface area (Å²) >= 11 is 0. The van der Waals surface area contributed by atoms with Crippen molar-refractivity contribution in [2.45, 2.75) is 51.6 Å². The first-order valence-corrected chi connectivity index (χ1v) is 9.72. The van der Waals surface area contributed by atoms with E-state index in [1.807, 2.05) is 18.2 Å². The van der Waals surface area contributed by atoms with Gasteiger partial charge in [-0.15, -0.1) is 0 Å². The monoisotopic (exact) mass is 358 g/mol. The van der Waals surface area contributed by atoms with Crippen LogP contribution in [0.3, 0.4) is 0 Å². The predicted molar refractivity (Wildman–Crippen MR) is 104 cm³/mol. The Morgan fingerprint density at radius 1 is 1.27 bits per heavy atom. The molecule has 2 saturated heterocycles. The van der Waals surface area contributed by atoms with E-state index in [1.54, 1.807) is 6.92 Å². The largest absolute Gasteiger partial charge is 0.371 e. The second kappa shape index (κ2) is 8.54. The van der Waals surface area contributed by atoms with Crippen LogP contribution in [0.15, 0.2) is 24.3 Å². The first-order chi connectivity index (χ1) is 12.5. The van der Waals surface area contributed by atoms with Gasteiger partial charge >= 0.3 is 0 Å². The Bertz CT molecular complexity index is 642. The number of benzene rings is 1. The van der Waals surface area contributed by atoms with E-state index in [0.29, 0.717) is 6.04 Å². The molecule has 6 nitrogen and oxygen atoms in total. The number of rotatable bonds is 5. The zero-order valence-electron chi connectivity index (χ0n) is 15.8. The summed E-state index contributed by atoms with van der Waals surface area (Å²) < 4.78 is 0. The van der Waals surface area contributed by atoms with E-state index in [1.165, 1.54) is 12.8 Å². The highest BCUT2D eigenvalue weighted by Gasteiger charge is 2.27. The summed E-state index contributed by atoms with van der Waals surface area (Å²) in [5.41, 5.74) is 1.91. The van der Waals surface area contributed by atoms with Gasteiger partial charge in [-0.05, 0) is 64.3 Å². The number of nitrogens with one attached hydrogen (secondary N) is 3. The molecule has 0 bridgehead atoms. The number of hydrogen-bond acceptors (Lipinski definition) is 4. The fourth-order valence-electron chi connectivity index (χ4n) is 3.77. The van der Waals surface area contributed by atoms with Gasteiger partial charge in [0.2, 0.25) is 11.8 Å². The van der Waals surface area contributed by atoms with Crippen molar-refractivity contribution in [3.8, 4) is 0 Å². The van der Waals surface area contributed by atoms with Crippen molar-refractivity contribution in [2.75, 3.05) is 29.9 Å². The van der Waals surface area contributed by atoms with Gasteiger partial charge in [-0.2, -0.15) is 0 Å². The van der Waals surface area contributed by atoms with E-state index in [4.69, 9.17) is 0 Å². The molecule has 2 aliphatic rings. The summed E-state index contributed by atoms with van der Waals surface area (Å²) in [4.78, 5) is 27.2. The molecule has 6 heteroatoms. The lowest BCUT2D eigenvalue weighted by molar-refractivity contribution is -0.129. The minimum absolute atomic E-state index is 0.0139. The highest BCUT2D eigenvalue weighted by Crippen LogP contribution is 2.23. The van der Waals surface area contributed by atoms with Crippen LogP contribution in [-0.4, -0.2) is 43.5 Å². The van der Waals surface area contributed by atoms with Crippen LogP contribution < -0.4 is 20.9 Å². The predicted octanol–water partition coefficient (Wildman–Crippen LogP) is 2.12. The Kier molecular flexibility index (Phi) is 6.14. The third-order valence-corrected chi connectivity index (χ3v) is 5.33. The highest BCUT2D eigenvalue weighted by atomic mass is 16.2. The Balaban J connectivity index is 1.53. The molecule has 0 saturated carbocycles. The van der Waals surface area contributed by atoms with Gasteiger partial charge in [-0.25, -0.2) is 0 Å². The van der Waals surface area contributed by atoms with Crippen molar-refractivity contribution >= 4 is 23.2 Å². The fourth-order valence-corrected chi connectivity index (χ4v) is 3.77. The van der Waals surface area contributed by atoms with Crippen LogP contribution in [0.2, 0.25) is 0 Å². The van der Waals surface area contributed by atoms with Crippen LogP contribution in [0.25, 0.3) is 0 Å². The Morgan fingerprint density at radius 2 is 2.04 bits per heavy atom. The molecule has 0 spiro atoms. The molecule has 3 rings (SSSR count). The van der Waals surface area contributed by atoms with Gasteiger partial charge in [-0.1, -0.05) is 6.07 Å². The molecule has 1 unspecified atom stereocenters. The van der Waals surface area contributed by atoms with Crippen LogP contribution in [-0.2, 0) is 9.59 Å². The molecule has 2 fully saturated rings. The van der Waals surface area contributed by atoms with E-state index in [2.05, 4.69) is 33.8 Å². The highest BCUT2D eigenvalue weighted by molar-refractivity contribution is 5.97. The molecule has 1 aromatic rings. The maximum absolute atomic E-state index is 12.5. The molecular formula is C20H30N4O2. The molecule has 3 N–H and O–H groups in total. The molecule has 26 heavy (non-hydrogen) atoms. The third kappa shape index (κ3) is 4.75. The first kappa shape index (κ1) is 18.7. The van der Waals surface area contributed by atoms with Crippen LogP contribution >= 0.6 is 0 Å². The van der Waals surface area contributed by atoms with Crippen molar-refractivity contribution < 1.29 is 9.59 Å². The van der Waals surface area contributed by atoms with E-state index >= 15 is 0 Å². The Labute approximate surface area is 155 Å². The van der Waals surface area contributed by atoms with Gasteiger partial charge in [0.15, 0.2) is 0 Å². The standard InChI is InChI=1S/C20H30N4O2/c1-14-12-16(8-9-21-14)20(26)22-15(2)19(25)23-17-6-5-7-18(13-17)24-10-3-4-11-24/h5-7,13-16,21H,3-4,8-12H2,1-2H3,(H,22,26)(H,23,25)/t14-,15?,16-/m0/s1. The Morgan fingerprint density at radius 3 is 2.77 bits per heavy atom. The summed E-state index contributed by atoms with van der Waals surface area (Å²) in [7, 11) is 0. The maximum atomic E-state index is 12.5. The number of nitrogens with zero attached hydrogens (tertiary/aromatic N) is 1. The van der Waals surface area contributed by atoms with E-state index < -0.39 is 6.04 Å². The summed E-state index contributed by atoms with van der Waals surface area (Å²) in [6, 6.07) is 7.72. The molecule has 2 aliphatic heterocycles. The molecule has 2 amide bonds. The number of carbonyl (C=O) groups is 2. The molecule has 1 aromatic carbocycles. The molecule has 3 atom stereocenters. The summed E-state index contributed by atoms with van der Waals surface area (Å²) in [6.07, 6.45) is 4.07. The minimum Gasteiger partial charge on any atom is -0.371 e. The molecule has 0 aromatic heterocycles. The van der Waals surface area contributed by atoms with Crippen molar-refractivity contribution in [3.05, 3.63) is 24.3 Å². The average molecular weight is 358 g/mol. The molecule has 2 heterocycles. The quantitative estimate of drug-likeness (QED) is 0.754. The number of carbonyl (C=O) groups excluding carboxylic acids is 2. The topological polar surface area (TPSA) is 73.5 Å². The summed E-state index contributed by atoms with van der Waals surface area (Å²) in [5.74, 6) is -0.217. The zero-order valence-corrected chi connectivity index (χ0v) is 15.8. The molecule has 0 radical (unpaired) electrons. The summed E-state index contributed by atoms with van der Waals surface area (Å²) in [6.45, 7) is 6.81. The lowest BCUT2D eigenvalue weighted by atomic mass is 9.92. The van der Waals surface area contributed by atoms with Crippen molar-refractivity contribution in [1.82, 2.24) is 10.6 Å². The number of piperidine rings is 1. The van der Waals surface area contributed by atoms with E-state index in [-0.39, 0.29) is 17.7 Å². The Hall–Kier alpha value is -2.08. The summed E-state index contributed by atoms with van der Waals surface area (Å²) in [5, 5.41) is 9.14. The number of amides is 2. The third-order valence-electron chi connectivity index (χ3n) is 5.33. The number of anilines is 2. The average Bonchev–Trinajstić information content (AvgIpc) is 3.16. The van der Waals surface area contributed by atoms with Gasteiger partial charge in [0.05, 0.1) is 0 Å². The van der Waals surface area contributed by atoms with Crippen molar-refractivity contribution in [2.24, 2.45) is 5.92 Å².